The summed E-state index contributed by atoms with van der Waals surface area (Å²) in [6.07, 6.45) is 0. The summed E-state index contributed by atoms with van der Waals surface area (Å²) in [5.41, 5.74) is 0.672. The molecule has 0 aromatic heterocycles. The molecule has 1 N–H and O–H groups in total. The van der Waals surface area contributed by atoms with Gasteiger partial charge in [-0.25, -0.2) is 8.42 Å². The van der Waals surface area contributed by atoms with Crippen LogP contribution in [0.2, 0.25) is 0 Å². The summed E-state index contributed by atoms with van der Waals surface area (Å²) in [7, 11) is 0.166. The highest BCUT2D eigenvalue weighted by Gasteiger charge is 2.13. The minimum absolute atomic E-state index is 0.0703. The lowest BCUT2D eigenvalue weighted by Gasteiger charge is -2.17. The molecule has 0 spiro atoms. The van der Waals surface area contributed by atoms with E-state index in [9.17, 15) is 13.2 Å². The van der Waals surface area contributed by atoms with Gasteiger partial charge in [-0.2, -0.15) is 0 Å². The summed E-state index contributed by atoms with van der Waals surface area (Å²) >= 11 is 0. The number of amides is 1. The van der Waals surface area contributed by atoms with Crippen LogP contribution < -0.4 is 10.2 Å². The molecule has 1 aromatic carbocycles. The first-order valence-electron chi connectivity index (χ1n) is 5.66. The summed E-state index contributed by atoms with van der Waals surface area (Å²) in [4.78, 5) is 13.4. The standard InChI is InChI=1S/C12H18N2O3S/c1-4-18(16,17)11-7-5-10(6-8-11)14(3)12(15)9-13-2/h5-8,13H,4,9H2,1-3H3. The minimum atomic E-state index is -3.19. The molecule has 100 valence electrons. The Morgan fingerprint density at radius 3 is 2.28 bits per heavy atom. The van der Waals surface area contributed by atoms with E-state index in [1.807, 2.05) is 0 Å². The van der Waals surface area contributed by atoms with Gasteiger partial charge >= 0.3 is 0 Å². The van der Waals surface area contributed by atoms with E-state index in [4.69, 9.17) is 0 Å². The summed E-state index contributed by atoms with van der Waals surface area (Å²) in [6, 6.07) is 6.32. The molecule has 6 heteroatoms. The number of hydrogen-bond donors (Lipinski definition) is 1. The average Bonchev–Trinajstić information content (AvgIpc) is 2.38. The molecule has 0 radical (unpaired) electrons. The van der Waals surface area contributed by atoms with Crippen LogP contribution in [0.15, 0.2) is 29.2 Å². The second-order valence-corrected chi connectivity index (χ2v) is 6.16. The van der Waals surface area contributed by atoms with Crippen molar-refractivity contribution < 1.29 is 13.2 Å². The third-order valence-electron chi connectivity index (χ3n) is 2.67. The summed E-state index contributed by atoms with van der Waals surface area (Å²) in [5, 5.41) is 2.78. The molecule has 0 saturated heterocycles. The normalized spacial score (nSPS) is 11.3. The lowest BCUT2D eigenvalue weighted by Crippen LogP contribution is -2.34. The molecule has 0 atom stereocenters. The first-order chi connectivity index (χ1) is 8.42. The van der Waals surface area contributed by atoms with Crippen molar-refractivity contribution in [3.63, 3.8) is 0 Å². The number of nitrogens with zero attached hydrogens (tertiary/aromatic N) is 1. The van der Waals surface area contributed by atoms with E-state index in [1.165, 1.54) is 17.0 Å². The lowest BCUT2D eigenvalue weighted by atomic mass is 10.3. The van der Waals surface area contributed by atoms with E-state index in [1.54, 1.807) is 33.2 Å². The average molecular weight is 270 g/mol. The highest BCUT2D eigenvalue weighted by Crippen LogP contribution is 2.17. The molecule has 1 amide bonds. The van der Waals surface area contributed by atoms with Gasteiger partial charge in [-0.3, -0.25) is 4.79 Å². The van der Waals surface area contributed by atoms with E-state index in [0.717, 1.165) is 0 Å². The Balaban J connectivity index is 2.93. The number of benzene rings is 1. The van der Waals surface area contributed by atoms with Crippen molar-refractivity contribution in [1.82, 2.24) is 5.32 Å². The first-order valence-corrected chi connectivity index (χ1v) is 7.31. The zero-order valence-corrected chi connectivity index (χ0v) is 11.6. The Labute approximate surface area is 108 Å². The fourth-order valence-electron chi connectivity index (χ4n) is 1.46. The van der Waals surface area contributed by atoms with Crippen molar-refractivity contribution in [2.45, 2.75) is 11.8 Å². The largest absolute Gasteiger partial charge is 0.314 e. The maximum atomic E-state index is 11.6. The number of likely N-dealkylation sites (N-methyl/N-ethyl adjacent to an activating group) is 2. The van der Waals surface area contributed by atoms with Crippen LogP contribution >= 0.6 is 0 Å². The molecule has 0 unspecified atom stereocenters. The maximum absolute atomic E-state index is 11.6. The number of hydrogen-bond acceptors (Lipinski definition) is 4. The van der Waals surface area contributed by atoms with Crippen molar-refractivity contribution in [2.24, 2.45) is 0 Å². The van der Waals surface area contributed by atoms with E-state index < -0.39 is 9.84 Å². The van der Waals surface area contributed by atoms with Crippen molar-refractivity contribution in [1.29, 1.82) is 0 Å². The first kappa shape index (κ1) is 14.7. The van der Waals surface area contributed by atoms with Crippen LogP contribution in [-0.2, 0) is 14.6 Å². The van der Waals surface area contributed by atoms with Crippen molar-refractivity contribution in [3.8, 4) is 0 Å². The molecule has 0 heterocycles. The van der Waals surface area contributed by atoms with E-state index in [-0.39, 0.29) is 23.1 Å². The van der Waals surface area contributed by atoms with Gasteiger partial charge in [0.25, 0.3) is 0 Å². The van der Waals surface area contributed by atoms with Crippen LogP contribution in [0.5, 0.6) is 0 Å². The summed E-state index contributed by atoms with van der Waals surface area (Å²) in [5.74, 6) is -0.00969. The van der Waals surface area contributed by atoms with Gasteiger partial charge in [-0.1, -0.05) is 6.92 Å². The molecule has 1 rings (SSSR count). The number of carbonyl (C=O) groups excluding carboxylic acids is 1. The van der Waals surface area contributed by atoms with Gasteiger partial charge in [0.1, 0.15) is 0 Å². The fourth-order valence-corrected chi connectivity index (χ4v) is 2.34. The van der Waals surface area contributed by atoms with Crippen LogP contribution in [0, 0.1) is 0 Å². The second kappa shape index (κ2) is 5.97. The van der Waals surface area contributed by atoms with E-state index in [0.29, 0.717) is 5.69 Å². The molecule has 0 bridgehead atoms. The molecule has 0 saturated carbocycles. The molecular weight excluding hydrogens is 252 g/mol. The van der Waals surface area contributed by atoms with Crippen molar-refractivity contribution in [2.75, 3.05) is 31.3 Å². The second-order valence-electron chi connectivity index (χ2n) is 3.88. The number of anilines is 1. The number of nitrogens with one attached hydrogen (secondary N) is 1. The molecule has 0 aliphatic rings. The monoisotopic (exact) mass is 270 g/mol. The molecule has 18 heavy (non-hydrogen) atoms. The SMILES string of the molecule is CCS(=O)(=O)c1ccc(N(C)C(=O)CNC)cc1. The predicted octanol–water partition coefficient (Wildman–Crippen LogP) is 0.662. The fraction of sp³-hybridized carbons (Fsp3) is 0.417. The molecule has 0 aliphatic heterocycles. The molecule has 0 aliphatic carbocycles. The smallest absolute Gasteiger partial charge is 0.240 e. The highest BCUT2D eigenvalue weighted by molar-refractivity contribution is 7.91. The van der Waals surface area contributed by atoms with Crippen LogP contribution in [0.1, 0.15) is 6.92 Å². The summed E-state index contributed by atoms with van der Waals surface area (Å²) < 4.78 is 23.3. The Bertz CT molecular complexity index is 509. The van der Waals surface area contributed by atoms with Crippen molar-refractivity contribution in [3.05, 3.63) is 24.3 Å². The summed E-state index contributed by atoms with van der Waals surface area (Å²) in [6.45, 7) is 1.84. The molecule has 5 nitrogen and oxygen atoms in total. The van der Waals surface area contributed by atoms with Gasteiger partial charge < -0.3 is 10.2 Å². The molecule has 0 fully saturated rings. The van der Waals surface area contributed by atoms with Gasteiger partial charge in [-0.05, 0) is 31.3 Å². The van der Waals surface area contributed by atoms with Gasteiger partial charge in [-0.15, -0.1) is 0 Å². The third kappa shape index (κ3) is 3.30. The number of sulfone groups is 1. The van der Waals surface area contributed by atoms with Gasteiger partial charge in [0.05, 0.1) is 17.2 Å². The predicted molar refractivity (Wildman–Crippen MR) is 71.5 cm³/mol. The number of carbonyl (C=O) groups is 1. The van der Waals surface area contributed by atoms with Gasteiger partial charge in [0, 0.05) is 12.7 Å². The zero-order valence-electron chi connectivity index (χ0n) is 10.8. The highest BCUT2D eigenvalue weighted by atomic mass is 32.2. The van der Waals surface area contributed by atoms with E-state index in [2.05, 4.69) is 5.32 Å². The molecule has 1 aromatic rings. The third-order valence-corrected chi connectivity index (χ3v) is 4.42. The van der Waals surface area contributed by atoms with Gasteiger partial charge in [0.2, 0.25) is 5.91 Å². The van der Waals surface area contributed by atoms with Crippen molar-refractivity contribution >= 4 is 21.4 Å². The Hall–Kier alpha value is -1.40. The Kier molecular flexibility index (Phi) is 4.86. The van der Waals surface area contributed by atoms with Gasteiger partial charge in [0.15, 0.2) is 9.84 Å². The van der Waals surface area contributed by atoms with Crippen LogP contribution in [0.4, 0.5) is 5.69 Å². The zero-order chi connectivity index (χ0) is 13.8. The topological polar surface area (TPSA) is 66.5 Å². The Morgan fingerprint density at radius 2 is 1.83 bits per heavy atom. The van der Waals surface area contributed by atoms with Crippen LogP contribution in [0.25, 0.3) is 0 Å². The maximum Gasteiger partial charge on any atom is 0.240 e. The minimum Gasteiger partial charge on any atom is -0.314 e. The Morgan fingerprint density at radius 1 is 1.28 bits per heavy atom. The van der Waals surface area contributed by atoms with Crippen LogP contribution in [0.3, 0.4) is 0 Å². The lowest BCUT2D eigenvalue weighted by molar-refractivity contribution is -0.117. The van der Waals surface area contributed by atoms with Crippen LogP contribution in [-0.4, -0.2) is 40.7 Å². The van der Waals surface area contributed by atoms with E-state index >= 15 is 0 Å². The molecular formula is C12H18N2O3S. The number of rotatable bonds is 5. The quantitative estimate of drug-likeness (QED) is 0.853.